The van der Waals surface area contributed by atoms with Crippen molar-refractivity contribution in [2.75, 3.05) is 19.7 Å². The summed E-state index contributed by atoms with van der Waals surface area (Å²) in [5.74, 6) is -3.45. The predicted molar refractivity (Wildman–Crippen MR) is 113 cm³/mol. The van der Waals surface area contributed by atoms with Gasteiger partial charge < -0.3 is 19.8 Å². The average molecular weight is 443 g/mol. The van der Waals surface area contributed by atoms with E-state index >= 15 is 0 Å². The summed E-state index contributed by atoms with van der Waals surface area (Å²) in [5.41, 5.74) is 2.90. The lowest BCUT2D eigenvalue weighted by Crippen LogP contribution is -2.39. The maximum Gasteiger partial charge on any atom is 0.341 e. The Kier molecular flexibility index (Phi) is 6.94. The van der Waals surface area contributed by atoms with Gasteiger partial charge in [0.05, 0.1) is 23.9 Å². The highest BCUT2D eigenvalue weighted by Crippen LogP contribution is 2.34. The van der Waals surface area contributed by atoms with Crippen LogP contribution in [0.5, 0.6) is 11.5 Å². The monoisotopic (exact) mass is 443 g/mol. The van der Waals surface area contributed by atoms with Crippen LogP contribution in [-0.2, 0) is 16.0 Å². The third kappa shape index (κ3) is 4.65. The Morgan fingerprint density at radius 1 is 1.34 bits per heavy atom. The van der Waals surface area contributed by atoms with E-state index in [0.29, 0.717) is 18.4 Å². The van der Waals surface area contributed by atoms with Crippen LogP contribution in [0, 0.1) is 17.2 Å². The Balaban J connectivity index is 1.74. The molecular formula is C22H25N3O7. The van der Waals surface area contributed by atoms with Crippen LogP contribution in [0.25, 0.3) is 0 Å². The van der Waals surface area contributed by atoms with Crippen molar-refractivity contribution in [3.63, 3.8) is 0 Å². The highest BCUT2D eigenvalue weighted by molar-refractivity contribution is 6.07. The molecule has 2 atom stereocenters. The molecule has 0 saturated heterocycles. The number of ketones is 2. The zero-order chi connectivity index (χ0) is 23.4. The van der Waals surface area contributed by atoms with Crippen LogP contribution in [0.2, 0.25) is 0 Å². The summed E-state index contributed by atoms with van der Waals surface area (Å²) in [6, 6.07) is 2.88. The van der Waals surface area contributed by atoms with Gasteiger partial charge in [-0.1, -0.05) is 25.5 Å². The average Bonchev–Trinajstić information content (AvgIpc) is 3.17. The number of benzene rings is 1. The molecule has 0 amide bonds. The Morgan fingerprint density at radius 2 is 2.09 bits per heavy atom. The van der Waals surface area contributed by atoms with E-state index in [1.807, 2.05) is 6.92 Å². The number of phenolic OH excluding ortho intramolecular Hbond substituents is 1. The van der Waals surface area contributed by atoms with Gasteiger partial charge in [0.1, 0.15) is 17.3 Å². The first kappa shape index (κ1) is 23.0. The fourth-order valence-corrected chi connectivity index (χ4v) is 3.92. The number of rotatable bonds is 9. The first-order chi connectivity index (χ1) is 15.3. The van der Waals surface area contributed by atoms with Crippen molar-refractivity contribution in [3.05, 3.63) is 47.2 Å². The number of carbonyl (C=O) groups excluding carboxylic acids is 2. The molecule has 0 bridgehead atoms. The molecule has 2 aliphatic rings. The minimum absolute atomic E-state index is 0.0735. The number of carboxylic acid groups (broad SMARTS) is 1. The number of carbonyl (C=O) groups is 3. The highest BCUT2D eigenvalue weighted by Gasteiger charge is 2.38. The summed E-state index contributed by atoms with van der Waals surface area (Å²) in [6.45, 7) is 1.51. The molecule has 1 heterocycles. The van der Waals surface area contributed by atoms with Gasteiger partial charge in [-0.15, -0.1) is 0 Å². The van der Waals surface area contributed by atoms with Crippen molar-refractivity contribution in [3.8, 4) is 11.5 Å². The second-order valence-electron chi connectivity index (χ2n) is 7.67. The first-order valence-electron chi connectivity index (χ1n) is 10.2. The van der Waals surface area contributed by atoms with Crippen LogP contribution in [0.4, 0.5) is 0 Å². The molecule has 2 unspecified atom stereocenters. The molecule has 170 valence electrons. The number of nitrogens with zero attached hydrogens (tertiary/aromatic N) is 1. The number of carboxylic acids is 1. The Bertz CT molecular complexity index is 1020. The number of allylic oxidation sites excluding steroid dienone is 1. The highest BCUT2D eigenvalue weighted by atomic mass is 16.5. The number of Topliss-reactive ketones (excluding diaryl/α,β-unsaturated/α-hetero) is 2. The third-order valence-electron chi connectivity index (χ3n) is 5.45. The van der Waals surface area contributed by atoms with Gasteiger partial charge in [-0.2, -0.15) is 0 Å². The quantitative estimate of drug-likeness (QED) is 0.165. The van der Waals surface area contributed by atoms with Crippen LogP contribution in [-0.4, -0.2) is 63.4 Å². The minimum atomic E-state index is -1.15. The summed E-state index contributed by atoms with van der Waals surface area (Å²) in [4.78, 5) is 38.0. The van der Waals surface area contributed by atoms with Gasteiger partial charge in [0.25, 0.3) is 0 Å². The molecule has 1 aromatic rings. The number of hydroxylamine groups is 1. The van der Waals surface area contributed by atoms with E-state index in [4.69, 9.17) is 20.5 Å². The van der Waals surface area contributed by atoms with Crippen molar-refractivity contribution in [2.24, 2.45) is 11.8 Å². The molecule has 0 spiro atoms. The number of phenols is 1. The second-order valence-corrected chi connectivity index (χ2v) is 7.67. The molecule has 10 nitrogen and oxygen atoms in total. The summed E-state index contributed by atoms with van der Waals surface area (Å²) in [6.07, 6.45) is 6.00. The van der Waals surface area contributed by atoms with E-state index in [0.717, 1.165) is 5.57 Å². The summed E-state index contributed by atoms with van der Waals surface area (Å²) < 4.78 is 5.24. The number of ether oxygens (including phenoxy) is 1. The molecular weight excluding hydrogens is 418 g/mol. The maximum absolute atomic E-state index is 12.9. The molecule has 32 heavy (non-hydrogen) atoms. The second kappa shape index (κ2) is 9.65. The third-order valence-corrected chi connectivity index (χ3v) is 5.45. The lowest BCUT2D eigenvalue weighted by molar-refractivity contribution is -0.139. The van der Waals surface area contributed by atoms with Crippen LogP contribution in [0.3, 0.4) is 0 Å². The summed E-state index contributed by atoms with van der Waals surface area (Å²) >= 11 is 0. The Morgan fingerprint density at radius 3 is 2.75 bits per heavy atom. The van der Waals surface area contributed by atoms with Crippen molar-refractivity contribution < 1.29 is 34.5 Å². The van der Waals surface area contributed by atoms with Crippen LogP contribution >= 0.6 is 0 Å². The smallest absolute Gasteiger partial charge is 0.341 e. The van der Waals surface area contributed by atoms with Gasteiger partial charge in [-0.25, -0.2) is 4.79 Å². The van der Waals surface area contributed by atoms with E-state index in [9.17, 15) is 19.5 Å². The molecule has 0 fully saturated rings. The number of amidine groups is 1. The first-order valence-corrected chi connectivity index (χ1v) is 10.2. The predicted octanol–water partition coefficient (Wildman–Crippen LogP) is 1.52. The van der Waals surface area contributed by atoms with Crippen molar-refractivity contribution in [2.45, 2.75) is 19.8 Å². The molecule has 5 N–H and O–H groups in total. The van der Waals surface area contributed by atoms with Crippen LogP contribution in [0.15, 0.2) is 36.1 Å². The van der Waals surface area contributed by atoms with Gasteiger partial charge in [0, 0.05) is 18.3 Å². The molecule has 0 radical (unpaired) electrons. The van der Waals surface area contributed by atoms with Crippen LogP contribution in [0.1, 0.15) is 29.3 Å². The number of aliphatic carboxylic acids is 1. The van der Waals surface area contributed by atoms with Gasteiger partial charge in [0.15, 0.2) is 18.2 Å². The van der Waals surface area contributed by atoms with Gasteiger partial charge >= 0.3 is 5.97 Å². The maximum atomic E-state index is 12.9. The number of hydrogen-bond acceptors (Lipinski definition) is 8. The fraction of sp³-hybridized carbons (Fsp3) is 0.364. The zero-order valence-corrected chi connectivity index (χ0v) is 17.5. The van der Waals surface area contributed by atoms with Crippen molar-refractivity contribution in [1.29, 1.82) is 5.41 Å². The Hall–Kier alpha value is -3.66. The minimum Gasteiger partial charge on any atom is -0.507 e. The van der Waals surface area contributed by atoms with Crippen LogP contribution < -0.4 is 10.2 Å². The number of aromatic hydroxyl groups is 1. The topological polar surface area (TPSA) is 160 Å². The zero-order valence-electron chi connectivity index (χ0n) is 17.5. The standard InChI is InChI=1S/C22H25N3O7/c1-2-3-14-18(32-11-19(27)28)7-6-13(20(14)29)17(26)10-25-8-12-4-5-15(22(23)24-31)21(30)16(12)9-25/h4-8,15-16,29,31H,2-3,9-11H2,1H3,(H2,23,24)(H,27,28). The molecule has 3 rings (SSSR count). The number of hydrogen-bond donors (Lipinski definition) is 5. The van der Waals surface area contributed by atoms with E-state index in [2.05, 4.69) is 0 Å². The normalized spacial score (nSPS) is 19.4. The van der Waals surface area contributed by atoms with Gasteiger partial charge in [-0.3, -0.25) is 25.7 Å². The lowest BCUT2D eigenvalue weighted by Gasteiger charge is -2.23. The SMILES string of the molecule is CCCc1c(OCC(=O)O)ccc(C(=O)CN2C=C3C=CC(C(=N)NO)C(=O)C3C2)c1O. The molecule has 10 heteroatoms. The molecule has 1 aliphatic heterocycles. The Labute approximate surface area is 184 Å². The van der Waals surface area contributed by atoms with Gasteiger partial charge in [-0.05, 0) is 24.1 Å². The van der Waals surface area contributed by atoms with E-state index < -0.39 is 24.4 Å². The number of nitrogens with one attached hydrogen (secondary N) is 2. The van der Waals surface area contributed by atoms with E-state index in [-0.39, 0.29) is 47.6 Å². The largest absolute Gasteiger partial charge is 0.507 e. The van der Waals surface area contributed by atoms with Gasteiger partial charge in [0.2, 0.25) is 0 Å². The molecule has 0 aromatic heterocycles. The lowest BCUT2D eigenvalue weighted by atomic mass is 9.83. The molecule has 1 aliphatic carbocycles. The molecule has 0 saturated carbocycles. The summed E-state index contributed by atoms with van der Waals surface area (Å²) in [7, 11) is 0. The molecule has 1 aromatic carbocycles. The van der Waals surface area contributed by atoms with E-state index in [1.54, 1.807) is 22.7 Å². The fourth-order valence-electron chi connectivity index (χ4n) is 3.92. The van der Waals surface area contributed by atoms with Crippen molar-refractivity contribution in [1.82, 2.24) is 10.4 Å². The summed E-state index contributed by atoms with van der Waals surface area (Å²) in [5, 5.41) is 36.1. The van der Waals surface area contributed by atoms with E-state index in [1.165, 1.54) is 18.2 Å². The number of fused-ring (bicyclic) bond motifs is 1. The van der Waals surface area contributed by atoms with Crippen molar-refractivity contribution >= 4 is 23.4 Å².